The average Bonchev–Trinajstić information content (AvgIpc) is 3.25. The number of hydrogen-bond donors (Lipinski definition) is 1. The van der Waals surface area contributed by atoms with Crippen LogP contribution in [0.3, 0.4) is 0 Å². The number of aromatic nitrogens is 1. The monoisotopic (exact) mass is 375 g/mol. The maximum atomic E-state index is 12.8. The number of ketones is 2. The second-order valence-electron chi connectivity index (χ2n) is 6.34. The zero-order valence-corrected chi connectivity index (χ0v) is 15.0. The zero-order valence-electron chi connectivity index (χ0n) is 14.2. The van der Waals surface area contributed by atoms with Crippen LogP contribution in [0.2, 0.25) is 0 Å². The first-order valence-electron chi connectivity index (χ1n) is 8.33. The summed E-state index contributed by atoms with van der Waals surface area (Å²) in [5.74, 6) is -0.946. The Kier molecular flexibility index (Phi) is 4.22. The van der Waals surface area contributed by atoms with Crippen molar-refractivity contribution in [2.45, 2.75) is 6.92 Å². The molecule has 1 saturated heterocycles. The van der Waals surface area contributed by atoms with Crippen LogP contribution in [0.4, 0.5) is 0 Å². The minimum atomic E-state index is -0.404. The maximum Gasteiger partial charge on any atom is 0.264 e. The molecule has 1 aliphatic heterocycles. The Morgan fingerprint density at radius 2 is 2.00 bits per heavy atom. The van der Waals surface area contributed by atoms with Crippen LogP contribution in [0.1, 0.15) is 46.7 Å². The SMILES string of the molecule is Cc1noc2c1C(=O)c1sc(C(=O)N3CCN(CCO)CC3)cc1C2=O. The Morgan fingerprint density at radius 3 is 2.69 bits per heavy atom. The number of aliphatic hydroxyl groups is 1. The normalized spacial score (nSPS) is 17.4. The molecule has 8 nitrogen and oxygen atoms in total. The largest absolute Gasteiger partial charge is 0.395 e. The molecule has 0 bridgehead atoms. The van der Waals surface area contributed by atoms with Gasteiger partial charge in [-0.25, -0.2) is 0 Å². The second-order valence-corrected chi connectivity index (χ2v) is 7.39. The van der Waals surface area contributed by atoms with Gasteiger partial charge in [-0.1, -0.05) is 5.16 Å². The van der Waals surface area contributed by atoms with E-state index in [1.54, 1.807) is 11.8 Å². The molecule has 3 heterocycles. The lowest BCUT2D eigenvalue weighted by Gasteiger charge is -2.34. The smallest absolute Gasteiger partial charge is 0.264 e. The number of amides is 1. The highest BCUT2D eigenvalue weighted by Gasteiger charge is 2.38. The molecule has 2 aromatic heterocycles. The highest BCUT2D eigenvalue weighted by Crippen LogP contribution is 2.35. The summed E-state index contributed by atoms with van der Waals surface area (Å²) < 4.78 is 5.01. The number of aryl methyl sites for hydroxylation is 1. The lowest BCUT2D eigenvalue weighted by molar-refractivity contribution is 0.0619. The highest BCUT2D eigenvalue weighted by atomic mass is 32.1. The fourth-order valence-electron chi connectivity index (χ4n) is 3.33. The number of piperazine rings is 1. The van der Waals surface area contributed by atoms with Crippen LogP contribution in [-0.2, 0) is 0 Å². The molecule has 26 heavy (non-hydrogen) atoms. The highest BCUT2D eigenvalue weighted by molar-refractivity contribution is 7.16. The summed E-state index contributed by atoms with van der Waals surface area (Å²) in [6.07, 6.45) is 0. The molecule has 136 valence electrons. The molecule has 0 radical (unpaired) electrons. The van der Waals surface area contributed by atoms with Crippen molar-refractivity contribution in [2.24, 2.45) is 0 Å². The van der Waals surface area contributed by atoms with Crippen LogP contribution in [0.15, 0.2) is 10.6 Å². The van der Waals surface area contributed by atoms with E-state index in [4.69, 9.17) is 9.63 Å². The summed E-state index contributed by atoms with van der Waals surface area (Å²) in [5.41, 5.74) is 0.789. The lowest BCUT2D eigenvalue weighted by Crippen LogP contribution is -2.49. The van der Waals surface area contributed by atoms with Crippen molar-refractivity contribution < 1.29 is 24.0 Å². The van der Waals surface area contributed by atoms with Crippen LogP contribution < -0.4 is 0 Å². The van der Waals surface area contributed by atoms with Crippen LogP contribution in [-0.4, -0.2) is 76.9 Å². The summed E-state index contributed by atoms with van der Waals surface area (Å²) in [6, 6.07) is 1.49. The van der Waals surface area contributed by atoms with E-state index in [0.717, 1.165) is 11.3 Å². The van der Waals surface area contributed by atoms with Crippen molar-refractivity contribution in [2.75, 3.05) is 39.3 Å². The average molecular weight is 375 g/mol. The first kappa shape index (κ1) is 17.1. The molecule has 1 fully saturated rings. The topological polar surface area (TPSA) is 104 Å². The number of aliphatic hydroxyl groups excluding tert-OH is 1. The third-order valence-corrected chi connectivity index (χ3v) is 5.89. The summed E-state index contributed by atoms with van der Waals surface area (Å²) in [5, 5.41) is 12.7. The van der Waals surface area contributed by atoms with Gasteiger partial charge in [0.15, 0.2) is 0 Å². The molecule has 0 aromatic carbocycles. The van der Waals surface area contributed by atoms with E-state index < -0.39 is 5.78 Å². The zero-order chi connectivity index (χ0) is 18.4. The Bertz CT molecular complexity index is 908. The Labute approximate surface area is 153 Å². The van der Waals surface area contributed by atoms with Crippen molar-refractivity contribution in [1.82, 2.24) is 15.0 Å². The molecule has 2 aliphatic rings. The van der Waals surface area contributed by atoms with Gasteiger partial charge in [-0.2, -0.15) is 0 Å². The minimum absolute atomic E-state index is 0.0468. The molecule has 0 saturated carbocycles. The molecule has 9 heteroatoms. The number of carbonyl (C=O) groups is 3. The Balaban J connectivity index is 1.58. The third-order valence-electron chi connectivity index (χ3n) is 4.77. The second kappa shape index (κ2) is 6.42. The van der Waals surface area contributed by atoms with E-state index in [9.17, 15) is 14.4 Å². The van der Waals surface area contributed by atoms with Crippen molar-refractivity contribution >= 4 is 28.8 Å². The number of β-amino-alcohol motifs (C(OH)–C–C–N with tert-alkyl or cyclic N) is 1. The molecule has 0 atom stereocenters. The number of thiophene rings is 1. The van der Waals surface area contributed by atoms with Gasteiger partial charge in [-0.15, -0.1) is 11.3 Å². The van der Waals surface area contributed by atoms with Gasteiger partial charge in [0.1, 0.15) is 0 Å². The lowest BCUT2D eigenvalue weighted by atomic mass is 9.93. The molecule has 2 aromatic rings. The predicted octanol–water partition coefficient (Wildman–Crippen LogP) is 0.570. The Morgan fingerprint density at radius 1 is 1.27 bits per heavy atom. The fourth-order valence-corrected chi connectivity index (χ4v) is 4.40. The number of hydrogen-bond acceptors (Lipinski definition) is 8. The van der Waals surface area contributed by atoms with Gasteiger partial charge in [0.05, 0.1) is 27.6 Å². The van der Waals surface area contributed by atoms with Gasteiger partial charge >= 0.3 is 0 Å². The molecule has 1 amide bonds. The van der Waals surface area contributed by atoms with Crippen molar-refractivity contribution in [3.8, 4) is 0 Å². The fraction of sp³-hybridized carbons (Fsp3) is 0.412. The van der Waals surface area contributed by atoms with E-state index in [1.165, 1.54) is 6.07 Å². The number of fused-ring (bicyclic) bond motifs is 2. The molecular formula is C17H17N3O5S. The number of carbonyl (C=O) groups excluding carboxylic acids is 3. The molecule has 0 unspecified atom stereocenters. The van der Waals surface area contributed by atoms with Gasteiger partial charge in [0, 0.05) is 38.3 Å². The summed E-state index contributed by atoms with van der Waals surface area (Å²) in [4.78, 5) is 42.5. The summed E-state index contributed by atoms with van der Waals surface area (Å²) in [6.45, 7) is 4.78. The first-order chi connectivity index (χ1) is 12.5. The Hall–Kier alpha value is -2.36. The standard InChI is InChI=1S/C17H17N3O5S/c1-9-12-14(23)16-10(13(22)15(12)25-18-9)8-11(26-16)17(24)20-4-2-19(3-5-20)6-7-21/h8,21H,2-7H2,1H3. The van der Waals surface area contributed by atoms with E-state index in [-0.39, 0.29) is 40.1 Å². The van der Waals surface area contributed by atoms with Crippen LogP contribution in [0, 0.1) is 6.92 Å². The third kappa shape index (κ3) is 2.59. The molecule has 1 aliphatic carbocycles. The van der Waals surface area contributed by atoms with Crippen molar-refractivity contribution in [1.29, 1.82) is 0 Å². The molecule has 1 N–H and O–H groups in total. The van der Waals surface area contributed by atoms with Crippen LogP contribution in [0.25, 0.3) is 0 Å². The van der Waals surface area contributed by atoms with Gasteiger partial charge in [-0.3, -0.25) is 19.3 Å². The van der Waals surface area contributed by atoms with E-state index in [1.807, 2.05) is 0 Å². The summed E-state index contributed by atoms with van der Waals surface area (Å²) in [7, 11) is 0. The van der Waals surface area contributed by atoms with E-state index >= 15 is 0 Å². The molecule has 0 spiro atoms. The quantitative estimate of drug-likeness (QED) is 0.714. The van der Waals surface area contributed by atoms with Crippen molar-refractivity contribution in [3.63, 3.8) is 0 Å². The van der Waals surface area contributed by atoms with Crippen LogP contribution >= 0.6 is 11.3 Å². The van der Waals surface area contributed by atoms with Gasteiger partial charge in [0.2, 0.25) is 17.3 Å². The number of nitrogens with zero attached hydrogens (tertiary/aromatic N) is 3. The molecular weight excluding hydrogens is 358 g/mol. The van der Waals surface area contributed by atoms with Gasteiger partial charge in [0.25, 0.3) is 5.91 Å². The van der Waals surface area contributed by atoms with Gasteiger partial charge < -0.3 is 14.5 Å². The first-order valence-corrected chi connectivity index (χ1v) is 9.15. The summed E-state index contributed by atoms with van der Waals surface area (Å²) >= 11 is 1.05. The predicted molar refractivity (Wildman–Crippen MR) is 91.9 cm³/mol. The molecule has 4 rings (SSSR count). The van der Waals surface area contributed by atoms with Crippen LogP contribution in [0.5, 0.6) is 0 Å². The number of rotatable bonds is 3. The van der Waals surface area contributed by atoms with Crippen molar-refractivity contribution in [3.05, 3.63) is 38.4 Å². The minimum Gasteiger partial charge on any atom is -0.395 e. The van der Waals surface area contributed by atoms with E-state index in [0.29, 0.717) is 43.3 Å². The van der Waals surface area contributed by atoms with E-state index in [2.05, 4.69) is 10.1 Å². The van der Waals surface area contributed by atoms with Gasteiger partial charge in [-0.05, 0) is 13.0 Å². The maximum absolute atomic E-state index is 12.8.